The van der Waals surface area contributed by atoms with E-state index in [0.29, 0.717) is 0 Å². The number of unbranched alkanes of at least 4 members (excludes halogenated alkanes) is 2. The molecule has 0 saturated heterocycles. The van der Waals surface area contributed by atoms with Crippen molar-refractivity contribution in [3.05, 3.63) is 37.0 Å². The Morgan fingerprint density at radius 2 is 1.90 bits per heavy atom. The number of rotatable bonds is 5. The van der Waals surface area contributed by atoms with Gasteiger partial charge < -0.3 is 0 Å². The summed E-state index contributed by atoms with van der Waals surface area (Å²) in [6, 6.07) is 0. The fraction of sp³-hybridized carbons (Fsp3) is 0.400. The summed E-state index contributed by atoms with van der Waals surface area (Å²) in [5.41, 5.74) is 0. The Hall–Kier alpha value is -0.780. The van der Waals surface area contributed by atoms with Crippen molar-refractivity contribution in [2.75, 3.05) is 0 Å². The van der Waals surface area contributed by atoms with Gasteiger partial charge in [0, 0.05) is 0 Å². The van der Waals surface area contributed by atoms with Crippen LogP contribution in [-0.2, 0) is 0 Å². The van der Waals surface area contributed by atoms with E-state index in [2.05, 4.69) is 31.7 Å². The van der Waals surface area contributed by atoms with Crippen LogP contribution in [0, 0.1) is 0 Å². The lowest BCUT2D eigenvalue weighted by molar-refractivity contribution is 0.867. The lowest BCUT2D eigenvalue weighted by Gasteiger charge is -1.87. The molecule has 0 aromatic carbocycles. The van der Waals surface area contributed by atoms with Crippen molar-refractivity contribution in [3.8, 4) is 0 Å². The molecule has 0 aliphatic carbocycles. The van der Waals surface area contributed by atoms with Crippen LogP contribution < -0.4 is 0 Å². The van der Waals surface area contributed by atoms with Crippen molar-refractivity contribution in [2.45, 2.75) is 26.2 Å². The van der Waals surface area contributed by atoms with Gasteiger partial charge in [-0.1, -0.05) is 37.0 Å². The van der Waals surface area contributed by atoms with Crippen LogP contribution in [0.2, 0.25) is 0 Å². The molecule has 10 heavy (non-hydrogen) atoms. The lowest BCUT2D eigenvalue weighted by atomic mass is 10.2. The van der Waals surface area contributed by atoms with Crippen LogP contribution in [-0.4, -0.2) is 0 Å². The van der Waals surface area contributed by atoms with Crippen LogP contribution in [0.1, 0.15) is 26.2 Å². The molecule has 0 aromatic heterocycles. The molecule has 0 amide bonds. The average molecular weight is 136 g/mol. The lowest BCUT2D eigenvalue weighted by Crippen LogP contribution is -1.67. The summed E-state index contributed by atoms with van der Waals surface area (Å²) in [5.74, 6) is 0. The third kappa shape index (κ3) is 7.22. The Morgan fingerprint density at radius 3 is 2.50 bits per heavy atom. The Morgan fingerprint density at radius 1 is 1.20 bits per heavy atom. The molecule has 0 heteroatoms. The third-order valence-electron chi connectivity index (χ3n) is 1.25. The highest BCUT2D eigenvalue weighted by atomic mass is 13.8. The van der Waals surface area contributed by atoms with E-state index in [1.54, 1.807) is 0 Å². The fourth-order valence-corrected chi connectivity index (χ4v) is 0.713. The summed E-state index contributed by atoms with van der Waals surface area (Å²) < 4.78 is 0. The second-order valence-electron chi connectivity index (χ2n) is 2.16. The van der Waals surface area contributed by atoms with Gasteiger partial charge >= 0.3 is 0 Å². The molecule has 0 atom stereocenters. The van der Waals surface area contributed by atoms with Gasteiger partial charge in [0.1, 0.15) is 0 Å². The van der Waals surface area contributed by atoms with Gasteiger partial charge in [0.25, 0.3) is 0 Å². The normalized spacial score (nSPS) is 11.3. The summed E-state index contributed by atoms with van der Waals surface area (Å²) in [5, 5.41) is 0. The van der Waals surface area contributed by atoms with Gasteiger partial charge in [0.15, 0.2) is 0 Å². The highest BCUT2D eigenvalue weighted by molar-refractivity contribution is 4.97. The van der Waals surface area contributed by atoms with Crippen molar-refractivity contribution in [1.82, 2.24) is 0 Å². The fourth-order valence-electron chi connectivity index (χ4n) is 0.713. The first kappa shape index (κ1) is 9.22. The van der Waals surface area contributed by atoms with E-state index >= 15 is 0 Å². The first-order valence-electron chi connectivity index (χ1n) is 3.80. The summed E-state index contributed by atoms with van der Waals surface area (Å²) in [4.78, 5) is 0. The number of hydrogen-bond donors (Lipinski definition) is 0. The van der Waals surface area contributed by atoms with Gasteiger partial charge in [-0.25, -0.2) is 0 Å². The molecule has 0 radical (unpaired) electrons. The molecule has 0 N–H and O–H groups in total. The highest BCUT2D eigenvalue weighted by Crippen LogP contribution is 1.97. The molecule has 0 spiro atoms. The minimum Gasteiger partial charge on any atom is -0.0991 e. The second-order valence-corrected chi connectivity index (χ2v) is 2.16. The molecule has 0 fully saturated rings. The molecule has 0 heterocycles. The molecule has 0 rings (SSSR count). The Labute approximate surface area is 64.0 Å². The van der Waals surface area contributed by atoms with E-state index in [1.165, 1.54) is 12.8 Å². The average Bonchev–Trinajstić information content (AvgIpc) is 1.97. The van der Waals surface area contributed by atoms with E-state index in [4.69, 9.17) is 0 Å². The second kappa shape index (κ2) is 8.22. The zero-order chi connectivity index (χ0) is 7.66. The Balaban J connectivity index is 3.04. The van der Waals surface area contributed by atoms with Crippen LogP contribution >= 0.6 is 0 Å². The van der Waals surface area contributed by atoms with Gasteiger partial charge in [-0.05, 0) is 26.2 Å². The first-order chi connectivity index (χ1) is 4.91. The van der Waals surface area contributed by atoms with E-state index in [9.17, 15) is 0 Å². The van der Waals surface area contributed by atoms with E-state index in [0.717, 1.165) is 6.42 Å². The number of allylic oxidation sites excluding steroid dienone is 5. The van der Waals surface area contributed by atoms with Gasteiger partial charge in [-0.2, -0.15) is 0 Å². The van der Waals surface area contributed by atoms with Crippen molar-refractivity contribution >= 4 is 0 Å². The van der Waals surface area contributed by atoms with Crippen molar-refractivity contribution in [2.24, 2.45) is 0 Å². The Bertz CT molecular complexity index is 118. The zero-order valence-corrected chi connectivity index (χ0v) is 6.72. The molecular weight excluding hydrogens is 120 g/mol. The van der Waals surface area contributed by atoms with Crippen molar-refractivity contribution < 1.29 is 0 Å². The quantitative estimate of drug-likeness (QED) is 0.308. The smallest absolute Gasteiger partial charge is 0.0345 e. The van der Waals surface area contributed by atoms with Crippen LogP contribution in [0.15, 0.2) is 37.0 Å². The summed E-state index contributed by atoms with van der Waals surface area (Å²) in [6.45, 7) is 5.65. The molecule has 0 nitrogen and oxygen atoms in total. The minimum absolute atomic E-state index is 1.16. The molecule has 0 saturated carbocycles. The van der Waals surface area contributed by atoms with Crippen LogP contribution in [0.5, 0.6) is 0 Å². The van der Waals surface area contributed by atoms with Crippen LogP contribution in [0.3, 0.4) is 0 Å². The molecule has 0 aliphatic rings. The molecule has 0 aromatic rings. The largest absolute Gasteiger partial charge is 0.0991 e. The summed E-state index contributed by atoms with van der Waals surface area (Å²) >= 11 is 0. The van der Waals surface area contributed by atoms with Gasteiger partial charge in [-0.15, -0.1) is 0 Å². The van der Waals surface area contributed by atoms with E-state index in [-0.39, 0.29) is 0 Å². The van der Waals surface area contributed by atoms with Crippen LogP contribution in [0.4, 0.5) is 0 Å². The predicted molar refractivity (Wildman–Crippen MR) is 48.0 cm³/mol. The molecular formula is C10H16. The standard InChI is InChI=1S/C10H16/c1-3-5-7-9-10-8-6-4-2/h3-7H,1,8-10H2,2H3/b6-4-,7-5-. The maximum atomic E-state index is 3.59. The van der Waals surface area contributed by atoms with E-state index < -0.39 is 0 Å². The minimum atomic E-state index is 1.16. The molecule has 0 aliphatic heterocycles. The molecule has 0 bridgehead atoms. The zero-order valence-electron chi connectivity index (χ0n) is 6.72. The summed E-state index contributed by atoms with van der Waals surface area (Å²) in [7, 11) is 0. The topological polar surface area (TPSA) is 0 Å². The maximum Gasteiger partial charge on any atom is -0.0345 e. The summed E-state index contributed by atoms with van der Waals surface area (Å²) in [6.07, 6.45) is 13.9. The molecule has 0 unspecified atom stereocenters. The van der Waals surface area contributed by atoms with Gasteiger partial charge in [0.05, 0.1) is 0 Å². The van der Waals surface area contributed by atoms with Crippen molar-refractivity contribution in [3.63, 3.8) is 0 Å². The first-order valence-corrected chi connectivity index (χ1v) is 3.80. The van der Waals surface area contributed by atoms with E-state index in [1.807, 2.05) is 12.2 Å². The molecule has 56 valence electrons. The van der Waals surface area contributed by atoms with Gasteiger partial charge in [-0.3, -0.25) is 0 Å². The monoisotopic (exact) mass is 136 g/mol. The highest BCUT2D eigenvalue weighted by Gasteiger charge is 1.77. The SMILES string of the molecule is C=C/C=C\CCC/C=C\C. The van der Waals surface area contributed by atoms with Crippen LogP contribution in [0.25, 0.3) is 0 Å². The van der Waals surface area contributed by atoms with Crippen molar-refractivity contribution in [1.29, 1.82) is 0 Å². The third-order valence-corrected chi connectivity index (χ3v) is 1.25. The predicted octanol–water partition coefficient (Wildman–Crippen LogP) is 3.48. The number of hydrogen-bond acceptors (Lipinski definition) is 0. The van der Waals surface area contributed by atoms with Gasteiger partial charge in [0.2, 0.25) is 0 Å². The Kier molecular flexibility index (Phi) is 7.58. The maximum absolute atomic E-state index is 3.59.